The van der Waals surface area contributed by atoms with Gasteiger partial charge in [-0.15, -0.1) is 0 Å². The maximum absolute atomic E-state index is 11.9. The van der Waals surface area contributed by atoms with E-state index < -0.39 is 0 Å². The zero-order valence-electron chi connectivity index (χ0n) is 12.9. The Morgan fingerprint density at radius 2 is 2.13 bits per heavy atom. The van der Waals surface area contributed by atoms with Crippen LogP contribution in [-0.4, -0.2) is 23.5 Å². The van der Waals surface area contributed by atoms with Crippen LogP contribution in [0.3, 0.4) is 0 Å². The SMILES string of the molecule is CC(=O)N(CCC(=O)Nc1cc(C)on1)c1ccccc1C#N. The first-order valence-corrected chi connectivity index (χ1v) is 7.01. The molecule has 2 rings (SSSR count). The number of nitrogens with zero attached hydrogens (tertiary/aromatic N) is 3. The van der Waals surface area contributed by atoms with E-state index in [1.165, 1.54) is 11.8 Å². The van der Waals surface area contributed by atoms with E-state index >= 15 is 0 Å². The fourth-order valence-electron chi connectivity index (χ4n) is 2.10. The molecule has 0 spiro atoms. The number of hydrogen-bond acceptors (Lipinski definition) is 5. The van der Waals surface area contributed by atoms with Crippen molar-refractivity contribution < 1.29 is 14.1 Å². The standard InChI is InChI=1S/C16H16N4O3/c1-11-9-15(19-23-11)18-16(22)7-8-20(12(2)21)14-6-4-3-5-13(14)10-17/h3-6,9H,7-8H2,1-2H3,(H,18,19,22). The van der Waals surface area contributed by atoms with Gasteiger partial charge >= 0.3 is 0 Å². The molecule has 0 saturated carbocycles. The second-order valence-corrected chi connectivity index (χ2v) is 4.92. The van der Waals surface area contributed by atoms with Crippen LogP contribution in [0.1, 0.15) is 24.7 Å². The molecule has 23 heavy (non-hydrogen) atoms. The minimum absolute atomic E-state index is 0.0747. The van der Waals surface area contributed by atoms with Crippen LogP contribution >= 0.6 is 0 Å². The van der Waals surface area contributed by atoms with Gasteiger partial charge in [0.25, 0.3) is 0 Å². The van der Waals surface area contributed by atoms with Gasteiger partial charge in [-0.3, -0.25) is 9.59 Å². The maximum Gasteiger partial charge on any atom is 0.227 e. The smallest absolute Gasteiger partial charge is 0.227 e. The van der Waals surface area contributed by atoms with Crippen LogP contribution in [0.25, 0.3) is 0 Å². The van der Waals surface area contributed by atoms with Crippen molar-refractivity contribution in [3.05, 3.63) is 41.7 Å². The molecule has 0 aliphatic carbocycles. The summed E-state index contributed by atoms with van der Waals surface area (Å²) in [6.07, 6.45) is 0.0747. The van der Waals surface area contributed by atoms with Crippen LogP contribution in [-0.2, 0) is 9.59 Å². The normalized spacial score (nSPS) is 9.96. The first kappa shape index (κ1) is 16.2. The molecule has 0 radical (unpaired) electrons. The number of hydrogen-bond donors (Lipinski definition) is 1. The summed E-state index contributed by atoms with van der Waals surface area (Å²) in [7, 11) is 0. The molecule has 0 aliphatic heterocycles. The van der Waals surface area contributed by atoms with Crippen molar-refractivity contribution in [1.82, 2.24) is 5.16 Å². The Kier molecular flexibility index (Phi) is 5.10. The molecule has 1 aromatic carbocycles. The Hall–Kier alpha value is -3.14. The number of nitriles is 1. The van der Waals surface area contributed by atoms with Crippen LogP contribution in [0.15, 0.2) is 34.9 Å². The fourth-order valence-corrected chi connectivity index (χ4v) is 2.10. The largest absolute Gasteiger partial charge is 0.360 e. The molecule has 2 aromatic rings. The Morgan fingerprint density at radius 3 is 2.74 bits per heavy atom. The van der Waals surface area contributed by atoms with Crippen LogP contribution in [0.4, 0.5) is 11.5 Å². The van der Waals surface area contributed by atoms with E-state index in [1.807, 2.05) is 6.07 Å². The molecular weight excluding hydrogens is 296 g/mol. The molecule has 7 heteroatoms. The number of benzene rings is 1. The fraction of sp³-hybridized carbons (Fsp3) is 0.250. The highest BCUT2D eigenvalue weighted by atomic mass is 16.5. The van der Waals surface area contributed by atoms with E-state index in [0.29, 0.717) is 22.8 Å². The zero-order valence-corrected chi connectivity index (χ0v) is 12.9. The topological polar surface area (TPSA) is 99.2 Å². The molecule has 1 heterocycles. The number of nitrogens with one attached hydrogen (secondary N) is 1. The summed E-state index contributed by atoms with van der Waals surface area (Å²) < 4.78 is 4.86. The lowest BCUT2D eigenvalue weighted by Gasteiger charge is -2.21. The molecule has 118 valence electrons. The lowest BCUT2D eigenvalue weighted by atomic mass is 10.1. The number of aromatic nitrogens is 1. The van der Waals surface area contributed by atoms with Crippen LogP contribution in [0.5, 0.6) is 0 Å². The lowest BCUT2D eigenvalue weighted by molar-refractivity contribution is -0.117. The van der Waals surface area contributed by atoms with Crippen molar-refractivity contribution in [3.8, 4) is 6.07 Å². The third-order valence-electron chi connectivity index (χ3n) is 3.15. The van der Waals surface area contributed by atoms with E-state index in [9.17, 15) is 9.59 Å². The molecule has 2 amide bonds. The van der Waals surface area contributed by atoms with Crippen molar-refractivity contribution in [2.75, 3.05) is 16.8 Å². The number of aryl methyl sites for hydroxylation is 1. The molecule has 0 bridgehead atoms. The minimum atomic E-state index is -0.293. The van der Waals surface area contributed by atoms with Crippen LogP contribution in [0.2, 0.25) is 0 Å². The summed E-state index contributed by atoms with van der Waals surface area (Å²) in [5.74, 6) is 0.393. The number of rotatable bonds is 5. The molecule has 0 aliphatic rings. The van der Waals surface area contributed by atoms with Crippen LogP contribution in [0, 0.1) is 18.3 Å². The third-order valence-corrected chi connectivity index (χ3v) is 3.15. The van der Waals surface area contributed by atoms with Gasteiger partial charge in [-0.1, -0.05) is 17.3 Å². The van der Waals surface area contributed by atoms with E-state index in [4.69, 9.17) is 9.78 Å². The van der Waals surface area contributed by atoms with Gasteiger partial charge in [0.1, 0.15) is 11.8 Å². The number of carbonyl (C=O) groups is 2. The second kappa shape index (κ2) is 7.22. The predicted octanol–water partition coefficient (Wildman–Crippen LogP) is 2.24. The van der Waals surface area contributed by atoms with Gasteiger partial charge in [-0.05, 0) is 19.1 Å². The summed E-state index contributed by atoms with van der Waals surface area (Å²) in [5.41, 5.74) is 0.878. The van der Waals surface area contributed by atoms with Crippen molar-refractivity contribution in [1.29, 1.82) is 5.26 Å². The summed E-state index contributed by atoms with van der Waals surface area (Å²) in [6, 6.07) is 10.4. The van der Waals surface area contributed by atoms with Gasteiger partial charge in [0.2, 0.25) is 11.8 Å². The number of para-hydroxylation sites is 1. The van der Waals surface area contributed by atoms with E-state index in [-0.39, 0.29) is 24.8 Å². The zero-order chi connectivity index (χ0) is 16.8. The quantitative estimate of drug-likeness (QED) is 0.912. The van der Waals surface area contributed by atoms with Gasteiger partial charge in [0, 0.05) is 26.0 Å². The van der Waals surface area contributed by atoms with E-state index in [1.54, 1.807) is 37.3 Å². The maximum atomic E-state index is 11.9. The van der Waals surface area contributed by atoms with Gasteiger partial charge in [0.05, 0.1) is 11.3 Å². The summed E-state index contributed by atoms with van der Waals surface area (Å²) in [6.45, 7) is 3.28. The van der Waals surface area contributed by atoms with Gasteiger partial charge in [0.15, 0.2) is 5.82 Å². The van der Waals surface area contributed by atoms with Gasteiger partial charge in [-0.2, -0.15) is 5.26 Å². The first-order valence-electron chi connectivity index (χ1n) is 7.01. The van der Waals surface area contributed by atoms with E-state index in [2.05, 4.69) is 10.5 Å². The Labute approximate surface area is 133 Å². The van der Waals surface area contributed by atoms with Gasteiger partial charge < -0.3 is 14.7 Å². The minimum Gasteiger partial charge on any atom is -0.360 e. The lowest BCUT2D eigenvalue weighted by Crippen LogP contribution is -2.32. The Bertz CT molecular complexity index is 761. The third kappa shape index (κ3) is 4.17. The number of anilines is 2. The van der Waals surface area contributed by atoms with E-state index in [0.717, 1.165) is 0 Å². The van der Waals surface area contributed by atoms with Crippen LogP contribution < -0.4 is 10.2 Å². The Balaban J connectivity index is 2.04. The highest BCUT2D eigenvalue weighted by molar-refractivity contribution is 5.95. The van der Waals surface area contributed by atoms with Crippen molar-refractivity contribution in [3.63, 3.8) is 0 Å². The summed E-state index contributed by atoms with van der Waals surface area (Å²) >= 11 is 0. The predicted molar refractivity (Wildman–Crippen MR) is 83.7 cm³/mol. The molecule has 0 unspecified atom stereocenters. The van der Waals surface area contributed by atoms with Crippen molar-refractivity contribution in [2.45, 2.75) is 20.3 Å². The molecular formula is C16H16N4O3. The first-order chi connectivity index (χ1) is 11.0. The average molecular weight is 312 g/mol. The highest BCUT2D eigenvalue weighted by Crippen LogP contribution is 2.20. The summed E-state index contributed by atoms with van der Waals surface area (Å²) in [4.78, 5) is 25.2. The molecule has 0 fully saturated rings. The molecule has 1 aromatic heterocycles. The molecule has 0 atom stereocenters. The Morgan fingerprint density at radius 1 is 1.39 bits per heavy atom. The molecule has 0 saturated heterocycles. The number of carbonyl (C=O) groups excluding carboxylic acids is 2. The summed E-state index contributed by atoms with van der Waals surface area (Å²) in [5, 5.41) is 15.4. The van der Waals surface area contributed by atoms with Gasteiger partial charge in [-0.25, -0.2) is 0 Å². The van der Waals surface area contributed by atoms with Crippen molar-refractivity contribution >= 4 is 23.3 Å². The highest BCUT2D eigenvalue weighted by Gasteiger charge is 2.17. The molecule has 1 N–H and O–H groups in total. The average Bonchev–Trinajstić information content (AvgIpc) is 2.92. The second-order valence-electron chi connectivity index (χ2n) is 4.92. The number of amides is 2. The monoisotopic (exact) mass is 312 g/mol. The molecule has 7 nitrogen and oxygen atoms in total. The van der Waals surface area contributed by atoms with Crippen molar-refractivity contribution in [2.24, 2.45) is 0 Å².